The van der Waals surface area contributed by atoms with E-state index in [-0.39, 0.29) is 5.88 Å². The highest BCUT2D eigenvalue weighted by atomic mass is 35.5. The lowest BCUT2D eigenvalue weighted by Gasteiger charge is -2.03. The lowest BCUT2D eigenvalue weighted by atomic mass is 10.0. The highest BCUT2D eigenvalue weighted by Gasteiger charge is 2.21. The minimum Gasteiger partial charge on any atom is -0.367 e. The number of anilines is 1. The second kappa shape index (κ2) is 4.87. The van der Waals surface area contributed by atoms with Crippen LogP contribution in [0.4, 0.5) is 5.88 Å². The molecule has 0 spiro atoms. The molecule has 104 valence electrons. The quantitative estimate of drug-likeness (QED) is 0.525. The van der Waals surface area contributed by atoms with Crippen LogP contribution in [0.2, 0.25) is 5.02 Å². The van der Waals surface area contributed by atoms with Gasteiger partial charge in [0.25, 0.3) is 0 Å². The third-order valence-electron chi connectivity index (χ3n) is 3.23. The van der Waals surface area contributed by atoms with Crippen molar-refractivity contribution in [2.75, 3.05) is 5.73 Å². The van der Waals surface area contributed by atoms with Gasteiger partial charge in [0.15, 0.2) is 0 Å². The van der Waals surface area contributed by atoms with Crippen LogP contribution in [-0.4, -0.2) is 5.16 Å². The first-order chi connectivity index (χ1) is 10.2. The fourth-order valence-electron chi connectivity index (χ4n) is 2.28. The smallest absolute Gasteiger partial charge is 0.230 e. The molecule has 2 N–H and O–H groups in total. The number of benzene rings is 1. The van der Waals surface area contributed by atoms with Crippen molar-refractivity contribution in [3.63, 3.8) is 0 Å². The normalized spacial score (nSPS) is 11.3. The van der Waals surface area contributed by atoms with Gasteiger partial charge in [0.05, 0.1) is 10.4 Å². The minimum atomic E-state index is 0.287. The Bertz CT molecular complexity index is 910. The highest BCUT2D eigenvalue weighted by Crippen LogP contribution is 2.43. The third kappa shape index (κ3) is 2.05. The molecule has 3 heterocycles. The summed E-state index contributed by atoms with van der Waals surface area (Å²) in [5, 5.41) is 6.85. The summed E-state index contributed by atoms with van der Waals surface area (Å²) in [7, 11) is 0. The number of aromatic nitrogens is 1. The second-order valence-corrected chi connectivity index (χ2v) is 6.95. The van der Waals surface area contributed by atoms with Gasteiger partial charge in [-0.05, 0) is 23.6 Å². The zero-order chi connectivity index (χ0) is 14.4. The number of rotatable bonds is 2. The van der Waals surface area contributed by atoms with Gasteiger partial charge in [-0.2, -0.15) is 0 Å². The van der Waals surface area contributed by atoms with E-state index in [1.807, 2.05) is 24.3 Å². The van der Waals surface area contributed by atoms with Crippen molar-refractivity contribution in [3.8, 4) is 21.7 Å². The van der Waals surface area contributed by atoms with Crippen LogP contribution in [0.1, 0.15) is 0 Å². The maximum absolute atomic E-state index is 6.29. The summed E-state index contributed by atoms with van der Waals surface area (Å²) < 4.78 is 7.69. The molecule has 0 atom stereocenters. The summed E-state index contributed by atoms with van der Waals surface area (Å²) >= 11 is 9.67. The molecule has 0 amide bonds. The predicted molar refractivity (Wildman–Crippen MR) is 90.1 cm³/mol. The Morgan fingerprint density at radius 3 is 2.81 bits per heavy atom. The molecule has 0 saturated heterocycles. The van der Waals surface area contributed by atoms with Gasteiger partial charge in [0.1, 0.15) is 5.69 Å². The van der Waals surface area contributed by atoms with Crippen molar-refractivity contribution in [1.29, 1.82) is 0 Å². The van der Waals surface area contributed by atoms with Gasteiger partial charge >= 0.3 is 0 Å². The maximum atomic E-state index is 6.29. The lowest BCUT2D eigenvalue weighted by molar-refractivity contribution is 0.439. The number of halogens is 1. The average Bonchev–Trinajstić information content (AvgIpc) is 3.13. The number of hydrogen-bond donors (Lipinski definition) is 1. The molecule has 0 bridgehead atoms. The van der Waals surface area contributed by atoms with Crippen LogP contribution in [0.3, 0.4) is 0 Å². The minimum absolute atomic E-state index is 0.287. The predicted octanol–water partition coefficient (Wildman–Crippen LogP) is 5.52. The topological polar surface area (TPSA) is 52.0 Å². The number of nitrogens with zero attached hydrogens (tertiary/aromatic N) is 1. The van der Waals surface area contributed by atoms with E-state index in [4.69, 9.17) is 21.9 Å². The van der Waals surface area contributed by atoms with Gasteiger partial charge < -0.3 is 10.3 Å². The summed E-state index contributed by atoms with van der Waals surface area (Å²) in [6, 6.07) is 11.8. The number of nitrogen functional groups attached to an aromatic ring is 1. The molecule has 0 unspecified atom stereocenters. The summed E-state index contributed by atoms with van der Waals surface area (Å²) in [4.78, 5) is 1.03. The van der Waals surface area contributed by atoms with E-state index in [0.29, 0.717) is 5.02 Å². The molecule has 0 aliphatic heterocycles. The summed E-state index contributed by atoms with van der Waals surface area (Å²) in [6.07, 6.45) is 0. The summed E-state index contributed by atoms with van der Waals surface area (Å²) in [5.41, 5.74) is 8.31. The van der Waals surface area contributed by atoms with Crippen LogP contribution < -0.4 is 5.73 Å². The van der Waals surface area contributed by atoms with E-state index in [9.17, 15) is 0 Å². The largest absolute Gasteiger partial charge is 0.367 e. The molecule has 4 aromatic rings. The van der Waals surface area contributed by atoms with Gasteiger partial charge in [0, 0.05) is 20.0 Å². The molecule has 3 aromatic heterocycles. The van der Waals surface area contributed by atoms with Crippen LogP contribution in [0.15, 0.2) is 46.3 Å². The first-order valence-electron chi connectivity index (χ1n) is 6.21. The number of fused-ring (bicyclic) bond motifs is 1. The number of nitrogens with two attached hydrogens (primary N) is 1. The Morgan fingerprint density at radius 2 is 2.00 bits per heavy atom. The SMILES string of the molecule is Nc1onc(-c2cc3sccc3s2)c1-c1ccccc1Cl. The zero-order valence-electron chi connectivity index (χ0n) is 10.7. The Labute approximate surface area is 133 Å². The van der Waals surface area contributed by atoms with E-state index < -0.39 is 0 Å². The van der Waals surface area contributed by atoms with E-state index in [1.165, 1.54) is 9.40 Å². The molecule has 0 aliphatic carbocycles. The Hall–Kier alpha value is -1.82. The van der Waals surface area contributed by atoms with Crippen molar-refractivity contribution in [2.24, 2.45) is 0 Å². The molecule has 1 aromatic carbocycles. The van der Waals surface area contributed by atoms with E-state index >= 15 is 0 Å². The van der Waals surface area contributed by atoms with Crippen molar-refractivity contribution < 1.29 is 4.52 Å². The molecule has 6 heteroatoms. The average molecular weight is 333 g/mol. The first-order valence-corrected chi connectivity index (χ1v) is 8.29. The van der Waals surface area contributed by atoms with E-state index in [2.05, 4.69) is 22.7 Å². The molecule has 0 fully saturated rings. The molecule has 0 aliphatic rings. The molecule has 3 nitrogen and oxygen atoms in total. The zero-order valence-corrected chi connectivity index (χ0v) is 13.1. The van der Waals surface area contributed by atoms with Crippen LogP contribution in [0.25, 0.3) is 31.1 Å². The summed E-state index contributed by atoms with van der Waals surface area (Å²) in [6.45, 7) is 0. The fourth-order valence-corrected chi connectivity index (χ4v) is 4.60. The van der Waals surface area contributed by atoms with Gasteiger partial charge in [-0.25, -0.2) is 0 Å². The lowest BCUT2D eigenvalue weighted by Crippen LogP contribution is -1.87. The van der Waals surface area contributed by atoms with Gasteiger partial charge in [0.2, 0.25) is 5.88 Å². The van der Waals surface area contributed by atoms with Crippen molar-refractivity contribution >= 4 is 49.6 Å². The fraction of sp³-hybridized carbons (Fsp3) is 0. The van der Waals surface area contributed by atoms with E-state index in [1.54, 1.807) is 22.7 Å². The van der Waals surface area contributed by atoms with E-state index in [0.717, 1.165) is 21.7 Å². The highest BCUT2D eigenvalue weighted by molar-refractivity contribution is 7.28. The van der Waals surface area contributed by atoms with Crippen LogP contribution in [0, 0.1) is 0 Å². The van der Waals surface area contributed by atoms with Crippen LogP contribution in [0.5, 0.6) is 0 Å². The molecule has 4 rings (SSSR count). The van der Waals surface area contributed by atoms with Crippen LogP contribution >= 0.6 is 34.3 Å². The molecule has 0 saturated carbocycles. The van der Waals surface area contributed by atoms with Gasteiger partial charge in [-0.15, -0.1) is 22.7 Å². The van der Waals surface area contributed by atoms with Gasteiger partial charge in [-0.3, -0.25) is 0 Å². The standard InChI is InChI=1S/C15H9ClN2OS2/c16-9-4-2-1-3-8(9)13-14(18-19-15(13)17)12-7-11-10(21-12)5-6-20-11/h1-7H,17H2. The molecular weight excluding hydrogens is 324 g/mol. The second-order valence-electron chi connectivity index (χ2n) is 4.51. The molecule has 0 radical (unpaired) electrons. The Balaban J connectivity index is 1.95. The van der Waals surface area contributed by atoms with Crippen LogP contribution in [-0.2, 0) is 0 Å². The third-order valence-corrected chi connectivity index (χ3v) is 5.66. The number of thiophene rings is 2. The maximum Gasteiger partial charge on any atom is 0.230 e. The summed E-state index contributed by atoms with van der Waals surface area (Å²) in [5.74, 6) is 0.287. The van der Waals surface area contributed by atoms with Gasteiger partial charge in [-0.1, -0.05) is 35.0 Å². The Morgan fingerprint density at radius 1 is 1.14 bits per heavy atom. The molecular formula is C15H9ClN2OS2. The molecule has 21 heavy (non-hydrogen) atoms. The van der Waals surface area contributed by atoms with Crippen molar-refractivity contribution in [3.05, 3.63) is 46.8 Å². The van der Waals surface area contributed by atoms with Crippen molar-refractivity contribution in [1.82, 2.24) is 5.16 Å². The van der Waals surface area contributed by atoms with Crippen molar-refractivity contribution in [2.45, 2.75) is 0 Å². The first kappa shape index (κ1) is 12.9. The Kier molecular flexibility index (Phi) is 2.99. The monoisotopic (exact) mass is 332 g/mol. The number of hydrogen-bond acceptors (Lipinski definition) is 5.